The maximum atomic E-state index is 10.7. The number of hydrogen-bond acceptors (Lipinski definition) is 4. The van der Waals surface area contributed by atoms with Gasteiger partial charge in [0.05, 0.1) is 0 Å². The van der Waals surface area contributed by atoms with Crippen molar-refractivity contribution in [2.24, 2.45) is 11.5 Å². The van der Waals surface area contributed by atoms with Crippen LogP contribution in [0.4, 0.5) is 0 Å². The predicted molar refractivity (Wildman–Crippen MR) is 123 cm³/mol. The number of aromatic nitrogens is 2. The molecule has 0 radical (unpaired) electrons. The Bertz CT molecular complexity index is 1220. The smallest absolute Gasteiger partial charge is 0.320 e. The summed E-state index contributed by atoms with van der Waals surface area (Å²) in [5.74, 6) is -1.95. The van der Waals surface area contributed by atoms with Crippen molar-refractivity contribution in [1.82, 2.24) is 9.97 Å². The zero-order valence-corrected chi connectivity index (χ0v) is 18.1. The van der Waals surface area contributed by atoms with Gasteiger partial charge in [0, 0.05) is 51.5 Å². The molecular formula is C22H23BrN4O4. The van der Waals surface area contributed by atoms with E-state index in [-0.39, 0.29) is 0 Å². The highest BCUT2D eigenvalue weighted by Crippen LogP contribution is 2.23. The molecule has 0 aliphatic heterocycles. The number of aliphatic carboxylic acids is 2. The van der Waals surface area contributed by atoms with Crippen molar-refractivity contribution in [2.45, 2.75) is 24.9 Å². The number of nitrogens with two attached hydrogens (primary N) is 2. The lowest BCUT2D eigenvalue weighted by Crippen LogP contribution is -2.32. The Morgan fingerprint density at radius 1 is 0.839 bits per heavy atom. The molecule has 0 aliphatic carbocycles. The van der Waals surface area contributed by atoms with Crippen molar-refractivity contribution in [3.05, 3.63) is 70.5 Å². The van der Waals surface area contributed by atoms with E-state index in [1.54, 1.807) is 6.20 Å². The van der Waals surface area contributed by atoms with E-state index >= 15 is 0 Å². The molecule has 2 atom stereocenters. The van der Waals surface area contributed by atoms with E-state index in [1.807, 2.05) is 48.7 Å². The number of nitrogens with one attached hydrogen (secondary N) is 2. The van der Waals surface area contributed by atoms with Gasteiger partial charge >= 0.3 is 11.9 Å². The molecule has 2 heterocycles. The second-order valence-corrected chi connectivity index (χ2v) is 8.08. The van der Waals surface area contributed by atoms with Crippen molar-refractivity contribution in [1.29, 1.82) is 0 Å². The fourth-order valence-electron chi connectivity index (χ4n) is 3.27. The summed E-state index contributed by atoms with van der Waals surface area (Å²) in [5, 5.41) is 19.5. The minimum Gasteiger partial charge on any atom is -0.480 e. The SMILES string of the molecule is NC(Cc1c[nH]c2ccc(Br)cc12)C(=O)O.N[C@H](Cc1c[nH]c2ccccc12)C(=O)O. The lowest BCUT2D eigenvalue weighted by Gasteiger charge is -2.04. The van der Waals surface area contributed by atoms with Gasteiger partial charge in [0.15, 0.2) is 0 Å². The lowest BCUT2D eigenvalue weighted by atomic mass is 10.1. The second-order valence-electron chi connectivity index (χ2n) is 7.16. The number of benzene rings is 2. The molecule has 4 rings (SSSR count). The molecule has 0 aliphatic rings. The molecule has 4 aromatic rings. The number of aromatic amines is 2. The highest BCUT2D eigenvalue weighted by Gasteiger charge is 2.15. The van der Waals surface area contributed by atoms with Gasteiger partial charge in [0.25, 0.3) is 0 Å². The Labute approximate surface area is 186 Å². The molecule has 162 valence electrons. The average molecular weight is 487 g/mol. The predicted octanol–water partition coefficient (Wildman–Crippen LogP) is 3.01. The van der Waals surface area contributed by atoms with Crippen LogP contribution in [0.2, 0.25) is 0 Å². The van der Waals surface area contributed by atoms with E-state index in [0.29, 0.717) is 12.8 Å². The number of para-hydroxylation sites is 1. The van der Waals surface area contributed by atoms with Gasteiger partial charge in [-0.2, -0.15) is 0 Å². The van der Waals surface area contributed by atoms with E-state index in [0.717, 1.165) is 37.4 Å². The van der Waals surface area contributed by atoms with Gasteiger partial charge in [-0.25, -0.2) is 0 Å². The fourth-order valence-corrected chi connectivity index (χ4v) is 3.63. The van der Waals surface area contributed by atoms with Crippen LogP contribution in [0.25, 0.3) is 21.8 Å². The number of hydrogen-bond donors (Lipinski definition) is 6. The van der Waals surface area contributed by atoms with Crippen LogP contribution >= 0.6 is 15.9 Å². The maximum Gasteiger partial charge on any atom is 0.320 e. The monoisotopic (exact) mass is 486 g/mol. The summed E-state index contributed by atoms with van der Waals surface area (Å²) < 4.78 is 0.963. The fraction of sp³-hybridized carbons (Fsp3) is 0.182. The number of carbonyl (C=O) groups is 2. The highest BCUT2D eigenvalue weighted by atomic mass is 79.9. The second kappa shape index (κ2) is 9.78. The molecule has 31 heavy (non-hydrogen) atoms. The van der Waals surface area contributed by atoms with Gasteiger partial charge in [-0.15, -0.1) is 0 Å². The van der Waals surface area contributed by atoms with Crippen molar-refractivity contribution in [3.63, 3.8) is 0 Å². The van der Waals surface area contributed by atoms with Crippen molar-refractivity contribution in [3.8, 4) is 0 Å². The minimum atomic E-state index is -0.982. The van der Waals surface area contributed by atoms with E-state index in [4.69, 9.17) is 21.7 Å². The molecule has 0 saturated heterocycles. The van der Waals surface area contributed by atoms with Gasteiger partial charge in [0.1, 0.15) is 12.1 Å². The molecule has 9 heteroatoms. The van der Waals surface area contributed by atoms with Crippen LogP contribution in [0.1, 0.15) is 11.1 Å². The molecule has 2 aromatic heterocycles. The van der Waals surface area contributed by atoms with Gasteiger partial charge in [0.2, 0.25) is 0 Å². The average Bonchev–Trinajstić information content (AvgIpc) is 3.32. The Hall–Kier alpha value is -3.14. The minimum absolute atomic E-state index is 0.325. The summed E-state index contributed by atoms with van der Waals surface area (Å²) in [5.41, 5.74) is 14.9. The number of carboxylic acids is 2. The van der Waals surface area contributed by atoms with Gasteiger partial charge < -0.3 is 31.6 Å². The van der Waals surface area contributed by atoms with Gasteiger partial charge in [-0.05, 0) is 35.4 Å². The van der Waals surface area contributed by atoms with Crippen LogP contribution in [-0.4, -0.2) is 44.2 Å². The van der Waals surface area contributed by atoms with Crippen LogP contribution in [-0.2, 0) is 22.4 Å². The van der Waals surface area contributed by atoms with E-state index in [2.05, 4.69) is 25.9 Å². The number of rotatable bonds is 6. The Balaban J connectivity index is 0.000000176. The third kappa shape index (κ3) is 5.52. The van der Waals surface area contributed by atoms with Crippen LogP contribution in [0.15, 0.2) is 59.3 Å². The summed E-state index contributed by atoms with van der Waals surface area (Å²) in [6.45, 7) is 0. The molecule has 0 bridgehead atoms. The summed E-state index contributed by atoms with van der Waals surface area (Å²) in [7, 11) is 0. The summed E-state index contributed by atoms with van der Waals surface area (Å²) in [6, 6.07) is 11.9. The third-order valence-corrected chi connectivity index (χ3v) is 5.41. The molecular weight excluding hydrogens is 464 g/mol. The van der Waals surface area contributed by atoms with Crippen molar-refractivity contribution in [2.75, 3.05) is 0 Å². The lowest BCUT2D eigenvalue weighted by molar-refractivity contribution is -0.139. The van der Waals surface area contributed by atoms with E-state index in [1.165, 1.54) is 0 Å². The number of carboxylic acid groups (broad SMARTS) is 2. The Kier molecular flexibility index (Phi) is 7.11. The van der Waals surface area contributed by atoms with Gasteiger partial charge in [-0.3, -0.25) is 9.59 Å². The van der Waals surface area contributed by atoms with Crippen LogP contribution in [0, 0.1) is 0 Å². The molecule has 1 unspecified atom stereocenters. The first-order valence-corrected chi connectivity index (χ1v) is 10.3. The summed E-state index contributed by atoms with van der Waals surface area (Å²) in [6.07, 6.45) is 4.29. The quantitative estimate of drug-likeness (QED) is 0.245. The number of H-pyrrole nitrogens is 2. The first-order valence-electron chi connectivity index (χ1n) is 9.53. The Morgan fingerprint density at radius 2 is 1.35 bits per heavy atom. The zero-order chi connectivity index (χ0) is 22.5. The normalized spacial score (nSPS) is 12.9. The number of fused-ring (bicyclic) bond motifs is 2. The van der Waals surface area contributed by atoms with Gasteiger partial charge in [-0.1, -0.05) is 34.1 Å². The molecule has 8 nitrogen and oxygen atoms in total. The van der Waals surface area contributed by atoms with E-state index in [9.17, 15) is 9.59 Å². The van der Waals surface area contributed by atoms with Crippen LogP contribution < -0.4 is 11.5 Å². The van der Waals surface area contributed by atoms with Crippen molar-refractivity contribution < 1.29 is 19.8 Å². The molecule has 0 saturated carbocycles. The molecule has 0 amide bonds. The molecule has 0 fully saturated rings. The molecule has 0 spiro atoms. The standard InChI is InChI=1S/C11H11BrN2O2.C11H12N2O2/c12-7-1-2-10-8(4-7)6(5-14-10)3-9(13)11(15)16;12-9(11(14)15)5-7-6-13-10-4-2-1-3-8(7)10/h1-2,4-5,9,14H,3,13H2,(H,15,16);1-4,6,9,13H,5,12H2,(H,14,15)/t;9-/m.1/s1. The largest absolute Gasteiger partial charge is 0.480 e. The number of halogens is 1. The third-order valence-electron chi connectivity index (χ3n) is 4.92. The Morgan fingerprint density at radius 3 is 1.94 bits per heavy atom. The topological polar surface area (TPSA) is 158 Å². The van der Waals surface area contributed by atoms with Crippen LogP contribution in [0.5, 0.6) is 0 Å². The molecule has 2 aromatic carbocycles. The first kappa shape index (κ1) is 22.5. The van der Waals surface area contributed by atoms with E-state index < -0.39 is 24.0 Å². The highest BCUT2D eigenvalue weighted by molar-refractivity contribution is 9.10. The maximum absolute atomic E-state index is 10.7. The first-order chi connectivity index (χ1) is 14.8. The van der Waals surface area contributed by atoms with Crippen LogP contribution in [0.3, 0.4) is 0 Å². The van der Waals surface area contributed by atoms with Crippen molar-refractivity contribution >= 4 is 49.7 Å². The summed E-state index contributed by atoms with van der Waals surface area (Å²) >= 11 is 3.38. The molecule has 8 N–H and O–H groups in total. The summed E-state index contributed by atoms with van der Waals surface area (Å²) in [4.78, 5) is 27.5. The zero-order valence-electron chi connectivity index (χ0n) is 16.5.